The molecule has 1 saturated heterocycles. The average molecular weight is 428 g/mol. The highest BCUT2D eigenvalue weighted by molar-refractivity contribution is 6.05. The number of carbonyl (C=O) groups is 4. The van der Waals surface area contributed by atoms with Gasteiger partial charge in [0.2, 0.25) is 11.8 Å². The summed E-state index contributed by atoms with van der Waals surface area (Å²) in [6, 6.07) is 6.06. The quantitative estimate of drug-likeness (QED) is 0.370. The van der Waals surface area contributed by atoms with Crippen LogP contribution in [0.15, 0.2) is 30.4 Å². The molecule has 0 bridgehead atoms. The molecular formula is C22H28N4O5. The van der Waals surface area contributed by atoms with Gasteiger partial charge in [0.25, 0.3) is 12.4 Å². The van der Waals surface area contributed by atoms with Crippen molar-refractivity contribution in [2.45, 2.75) is 50.4 Å². The van der Waals surface area contributed by atoms with Gasteiger partial charge in [-0.15, -0.1) is 0 Å². The largest absolute Gasteiger partial charge is 0.483 e. The van der Waals surface area contributed by atoms with Crippen LogP contribution in [-0.4, -0.2) is 66.4 Å². The monoisotopic (exact) mass is 428 g/mol. The van der Waals surface area contributed by atoms with Gasteiger partial charge >= 0.3 is 0 Å². The molecule has 0 radical (unpaired) electrons. The lowest BCUT2D eigenvalue weighted by atomic mass is 9.94. The van der Waals surface area contributed by atoms with E-state index in [1.54, 1.807) is 4.90 Å². The Morgan fingerprint density at radius 1 is 1.23 bits per heavy atom. The van der Waals surface area contributed by atoms with Gasteiger partial charge in [-0.3, -0.25) is 24.5 Å². The molecule has 4 rings (SSSR count). The van der Waals surface area contributed by atoms with Crippen molar-refractivity contribution in [2.75, 3.05) is 19.0 Å². The van der Waals surface area contributed by atoms with Crippen molar-refractivity contribution in [3.05, 3.63) is 41.5 Å². The topological polar surface area (TPSA) is 119 Å². The van der Waals surface area contributed by atoms with E-state index < -0.39 is 6.04 Å². The van der Waals surface area contributed by atoms with Crippen molar-refractivity contribution in [1.29, 1.82) is 0 Å². The van der Waals surface area contributed by atoms with E-state index in [4.69, 9.17) is 9.90 Å². The Morgan fingerprint density at radius 3 is 2.61 bits per heavy atom. The van der Waals surface area contributed by atoms with Crippen molar-refractivity contribution >= 4 is 29.9 Å². The molecule has 1 unspecified atom stereocenters. The fourth-order valence-corrected chi connectivity index (χ4v) is 4.51. The van der Waals surface area contributed by atoms with Gasteiger partial charge in [-0.2, -0.15) is 0 Å². The molecule has 0 spiro atoms. The third-order valence-corrected chi connectivity index (χ3v) is 6.18. The highest BCUT2D eigenvalue weighted by atomic mass is 16.3. The highest BCUT2D eigenvalue weighted by Crippen LogP contribution is 2.32. The lowest BCUT2D eigenvalue weighted by molar-refractivity contribution is -0.137. The highest BCUT2D eigenvalue weighted by Gasteiger charge is 2.39. The van der Waals surface area contributed by atoms with Gasteiger partial charge < -0.3 is 20.2 Å². The van der Waals surface area contributed by atoms with Gasteiger partial charge in [-0.1, -0.05) is 12.2 Å². The summed E-state index contributed by atoms with van der Waals surface area (Å²) in [4.78, 5) is 48.7. The second-order valence-corrected chi connectivity index (χ2v) is 7.86. The third kappa shape index (κ3) is 4.61. The van der Waals surface area contributed by atoms with E-state index in [0.717, 1.165) is 24.1 Å². The van der Waals surface area contributed by atoms with Crippen molar-refractivity contribution in [2.24, 2.45) is 0 Å². The Balaban J connectivity index is 0.000000858. The van der Waals surface area contributed by atoms with Gasteiger partial charge in [-0.25, -0.2) is 0 Å². The average Bonchev–Trinajstić information content (AvgIpc) is 3.09. The van der Waals surface area contributed by atoms with Crippen molar-refractivity contribution in [3.63, 3.8) is 0 Å². The Bertz CT molecular complexity index is 900. The molecule has 9 nitrogen and oxygen atoms in total. The molecular weight excluding hydrogens is 400 g/mol. The Kier molecular flexibility index (Phi) is 7.06. The summed E-state index contributed by atoms with van der Waals surface area (Å²) in [6.07, 6.45) is 7.06. The molecule has 3 atom stereocenters. The fraction of sp³-hybridized carbons (Fsp3) is 0.455. The van der Waals surface area contributed by atoms with E-state index in [9.17, 15) is 14.4 Å². The maximum absolute atomic E-state index is 12.8. The van der Waals surface area contributed by atoms with Crippen molar-refractivity contribution < 1.29 is 24.3 Å². The van der Waals surface area contributed by atoms with Crippen molar-refractivity contribution in [3.8, 4) is 0 Å². The number of hydrogen-bond acceptors (Lipinski definition) is 6. The molecule has 0 saturated carbocycles. The second-order valence-electron chi connectivity index (χ2n) is 7.86. The number of anilines is 1. The van der Waals surface area contributed by atoms with Gasteiger partial charge in [0.1, 0.15) is 6.04 Å². The summed E-state index contributed by atoms with van der Waals surface area (Å²) in [5.74, 6) is -0.775. The van der Waals surface area contributed by atoms with Crippen molar-refractivity contribution in [1.82, 2.24) is 15.5 Å². The second kappa shape index (κ2) is 9.74. The molecule has 1 aliphatic carbocycles. The van der Waals surface area contributed by atoms with Gasteiger partial charge in [0.15, 0.2) is 0 Å². The summed E-state index contributed by atoms with van der Waals surface area (Å²) in [5.41, 5.74) is 2.65. The molecule has 1 fully saturated rings. The molecule has 1 aromatic rings. The predicted molar refractivity (Wildman–Crippen MR) is 115 cm³/mol. The maximum atomic E-state index is 12.8. The molecule has 2 heterocycles. The number of amides is 3. The number of piperidine rings is 1. The lowest BCUT2D eigenvalue weighted by Gasteiger charge is -2.37. The molecule has 0 aromatic heterocycles. The first-order valence-electron chi connectivity index (χ1n) is 10.3. The van der Waals surface area contributed by atoms with Crippen LogP contribution in [0.4, 0.5) is 5.69 Å². The number of carboxylic acid groups (broad SMARTS) is 1. The first-order chi connectivity index (χ1) is 14.9. The van der Waals surface area contributed by atoms with E-state index in [0.29, 0.717) is 30.6 Å². The number of rotatable bonds is 4. The van der Waals surface area contributed by atoms with Crippen LogP contribution in [-0.2, 0) is 20.9 Å². The van der Waals surface area contributed by atoms with Crippen LogP contribution in [0.5, 0.6) is 0 Å². The van der Waals surface area contributed by atoms with Crippen LogP contribution in [0, 0.1) is 0 Å². The number of carbonyl (C=O) groups excluding carboxylic acids is 3. The molecule has 166 valence electrons. The molecule has 3 amide bonds. The fourth-order valence-electron chi connectivity index (χ4n) is 4.51. The maximum Gasteiger partial charge on any atom is 0.290 e. The first kappa shape index (κ1) is 22.5. The summed E-state index contributed by atoms with van der Waals surface area (Å²) in [6.45, 7) is 0.155. The van der Waals surface area contributed by atoms with Gasteiger partial charge in [0.05, 0.1) is 0 Å². The van der Waals surface area contributed by atoms with Gasteiger partial charge in [0, 0.05) is 43.3 Å². The van der Waals surface area contributed by atoms with E-state index in [-0.39, 0.29) is 30.6 Å². The molecule has 3 N–H and O–H groups in total. The summed E-state index contributed by atoms with van der Waals surface area (Å²) in [7, 11) is 4.08. The minimum Gasteiger partial charge on any atom is -0.483 e. The van der Waals surface area contributed by atoms with Crippen LogP contribution < -0.4 is 15.5 Å². The molecule has 1 aromatic carbocycles. The minimum atomic E-state index is -0.573. The van der Waals surface area contributed by atoms with Crippen LogP contribution in [0.2, 0.25) is 0 Å². The molecule has 3 aliphatic rings. The number of benzene rings is 1. The van der Waals surface area contributed by atoms with Crippen LogP contribution in [0.1, 0.15) is 41.6 Å². The zero-order valence-electron chi connectivity index (χ0n) is 17.7. The van der Waals surface area contributed by atoms with Crippen LogP contribution in [0.25, 0.3) is 0 Å². The molecule has 9 heteroatoms. The summed E-state index contributed by atoms with van der Waals surface area (Å²) < 4.78 is 0. The number of likely N-dealkylation sites (N-methyl/N-ethyl adjacent to an activating group) is 2. The summed E-state index contributed by atoms with van der Waals surface area (Å²) in [5, 5.41) is 12.6. The standard InChI is InChI=1S/C21H26N4O3.CH2O2/c1-22-16-5-3-4-6-17(16)24(2)14-7-8-15-13(11-14)12-25(21(15)28)18-9-10-19(26)23-20(18)27;2-1-3/h3-4,7-8,11,16-18,22H,5-6,9-10,12H2,1-2H3,(H,23,26,27);1H,(H,2,3)/t16-,17-,18?;/m1./s1. The van der Waals surface area contributed by atoms with Gasteiger partial charge in [-0.05, 0) is 50.1 Å². The minimum absolute atomic E-state index is 0.132. The Labute approximate surface area is 181 Å². The molecule has 31 heavy (non-hydrogen) atoms. The third-order valence-electron chi connectivity index (χ3n) is 6.18. The number of nitrogens with zero attached hydrogens (tertiary/aromatic N) is 2. The Hall–Kier alpha value is -3.20. The van der Waals surface area contributed by atoms with E-state index in [2.05, 4.69) is 40.8 Å². The number of nitrogens with one attached hydrogen (secondary N) is 2. The zero-order chi connectivity index (χ0) is 22.5. The van der Waals surface area contributed by atoms with E-state index in [1.807, 2.05) is 19.2 Å². The number of hydrogen-bond donors (Lipinski definition) is 3. The smallest absolute Gasteiger partial charge is 0.290 e. The van der Waals surface area contributed by atoms with E-state index in [1.165, 1.54) is 0 Å². The number of imide groups is 1. The normalized spacial score (nSPS) is 24.8. The predicted octanol–water partition coefficient (Wildman–Crippen LogP) is 0.891. The number of fused-ring (bicyclic) bond motifs is 1. The first-order valence-corrected chi connectivity index (χ1v) is 10.3. The lowest BCUT2D eigenvalue weighted by Crippen LogP contribution is -2.52. The summed E-state index contributed by atoms with van der Waals surface area (Å²) >= 11 is 0. The van der Waals surface area contributed by atoms with Crippen LogP contribution >= 0.6 is 0 Å². The van der Waals surface area contributed by atoms with Crippen LogP contribution in [0.3, 0.4) is 0 Å². The van der Waals surface area contributed by atoms with E-state index >= 15 is 0 Å². The SMILES string of the molecule is CN[C@@H]1CC=CC[C@H]1N(C)c1ccc2c(c1)CN(C1CCC(=O)NC1=O)C2=O.O=CO. The zero-order valence-corrected chi connectivity index (χ0v) is 17.7. The Morgan fingerprint density at radius 2 is 1.94 bits per heavy atom. The molecule has 2 aliphatic heterocycles.